The summed E-state index contributed by atoms with van der Waals surface area (Å²) in [5, 5.41) is 41.2. The second-order valence-electron chi connectivity index (χ2n) is 3.06. The van der Waals surface area contributed by atoms with E-state index < -0.39 is 44.1 Å². The Hall–Kier alpha value is -2.75. The first-order valence-electron chi connectivity index (χ1n) is 4.14. The predicted octanol–water partition coefficient (Wildman–Crippen LogP) is 0.959. The molecule has 0 bridgehead atoms. The summed E-state index contributed by atoms with van der Waals surface area (Å²) in [5.74, 6) is -2.69. The van der Waals surface area contributed by atoms with E-state index in [0.29, 0.717) is 6.07 Å². The van der Waals surface area contributed by atoms with E-state index in [0.717, 1.165) is 6.92 Å². The molecule has 0 unspecified atom stereocenters. The van der Waals surface area contributed by atoms with Crippen molar-refractivity contribution >= 4 is 17.3 Å². The lowest BCUT2D eigenvalue weighted by Crippen LogP contribution is -2.10. The van der Waals surface area contributed by atoms with Crippen LogP contribution in [-0.4, -0.2) is 20.9 Å². The van der Waals surface area contributed by atoms with Crippen molar-refractivity contribution in [2.75, 3.05) is 0 Å². The zero-order valence-corrected chi connectivity index (χ0v) is 9.37. The van der Waals surface area contributed by atoms with Crippen molar-refractivity contribution in [3.05, 3.63) is 37.4 Å². The van der Waals surface area contributed by atoms with E-state index in [1.54, 1.807) is 0 Å². The maximum Gasteiger partial charge on any atom is 0.360 e. The predicted molar refractivity (Wildman–Crippen MR) is 56.9 cm³/mol. The average molecular weight is 259 g/mol. The molecule has 0 aliphatic rings. The number of carbonyl (C=O) groups is 1. The molecular formula is C8H9N3O7. The van der Waals surface area contributed by atoms with Gasteiger partial charge in [-0.1, -0.05) is 5.75 Å². The van der Waals surface area contributed by atoms with Crippen molar-refractivity contribution in [2.45, 2.75) is 6.92 Å². The highest BCUT2D eigenvalue weighted by molar-refractivity contribution is 5.97. The first-order chi connectivity index (χ1) is 7.77. The van der Waals surface area contributed by atoms with E-state index in [9.17, 15) is 30.1 Å². The highest BCUT2D eigenvalue weighted by Gasteiger charge is 2.33. The lowest BCUT2D eigenvalue weighted by atomic mass is 10.0. The summed E-state index contributed by atoms with van der Waals surface area (Å²) in [7, 11) is 0. The molecule has 0 atom stereocenters. The highest BCUT2D eigenvalue weighted by Crippen LogP contribution is 2.36. The Balaban J connectivity index is 0.00000289. The van der Waals surface area contributed by atoms with Gasteiger partial charge in [-0.15, -0.1) is 0 Å². The number of nitro benzene ring substituents is 2. The van der Waals surface area contributed by atoms with Crippen molar-refractivity contribution in [3.63, 3.8) is 0 Å². The van der Waals surface area contributed by atoms with Gasteiger partial charge in [0.1, 0.15) is 5.56 Å². The highest BCUT2D eigenvalue weighted by atomic mass is 16.6. The summed E-state index contributed by atoms with van der Waals surface area (Å²) < 4.78 is 0. The molecule has 0 aromatic heterocycles. The largest absolute Gasteiger partial charge is 0.872 e. The summed E-state index contributed by atoms with van der Waals surface area (Å²) in [6.45, 7) is 1.06. The van der Waals surface area contributed by atoms with Crippen LogP contribution >= 0.6 is 0 Å². The molecule has 0 heterocycles. The van der Waals surface area contributed by atoms with Crippen LogP contribution in [0.2, 0.25) is 0 Å². The Morgan fingerprint density at radius 2 is 1.78 bits per heavy atom. The second-order valence-corrected chi connectivity index (χ2v) is 3.06. The van der Waals surface area contributed by atoms with Gasteiger partial charge in [0.05, 0.1) is 9.85 Å². The lowest BCUT2D eigenvalue weighted by molar-refractivity contribution is -0.423. The van der Waals surface area contributed by atoms with Gasteiger partial charge in [-0.3, -0.25) is 20.2 Å². The van der Waals surface area contributed by atoms with E-state index in [2.05, 4.69) is 0 Å². The smallest absolute Gasteiger partial charge is 0.360 e. The molecule has 1 rings (SSSR count). The minimum absolute atomic E-state index is 0. The zero-order chi connectivity index (χ0) is 13.3. The van der Waals surface area contributed by atoms with Crippen LogP contribution in [0.3, 0.4) is 0 Å². The van der Waals surface area contributed by atoms with E-state index in [1.807, 2.05) is 0 Å². The molecule has 5 N–H and O–H groups in total. The zero-order valence-electron chi connectivity index (χ0n) is 9.37. The van der Waals surface area contributed by atoms with Gasteiger partial charge in [-0.2, -0.15) is 0 Å². The average Bonchev–Trinajstić information content (AvgIpc) is 2.19. The minimum Gasteiger partial charge on any atom is -0.872 e. The van der Waals surface area contributed by atoms with E-state index >= 15 is 0 Å². The Kier molecular flexibility index (Phi) is 4.28. The summed E-state index contributed by atoms with van der Waals surface area (Å²) in [5.41, 5.74) is -3.66. The fourth-order valence-corrected chi connectivity index (χ4v) is 1.32. The van der Waals surface area contributed by atoms with Crippen LogP contribution in [0, 0.1) is 27.2 Å². The molecule has 0 amide bonds. The molecule has 98 valence electrons. The molecule has 10 heteroatoms. The monoisotopic (exact) mass is 259 g/mol. The summed E-state index contributed by atoms with van der Waals surface area (Å²) in [4.78, 5) is 29.6. The van der Waals surface area contributed by atoms with Gasteiger partial charge < -0.3 is 16.4 Å². The molecule has 1 aromatic carbocycles. The molecule has 0 aliphatic carbocycles. The normalized spacial score (nSPS) is 9.39. The van der Waals surface area contributed by atoms with Crippen molar-refractivity contribution < 1.29 is 24.9 Å². The molecule has 0 saturated carbocycles. The Morgan fingerprint density at radius 3 is 2.11 bits per heavy atom. The fourth-order valence-electron chi connectivity index (χ4n) is 1.32. The molecule has 0 saturated heterocycles. The molecule has 0 spiro atoms. The number of nitrogens with zero attached hydrogens (tertiary/aromatic N) is 2. The number of rotatable bonds is 3. The van der Waals surface area contributed by atoms with Gasteiger partial charge in [-0.25, -0.2) is 4.79 Å². The van der Waals surface area contributed by atoms with E-state index in [4.69, 9.17) is 5.11 Å². The van der Waals surface area contributed by atoms with Crippen molar-refractivity contribution in [3.8, 4) is 5.75 Å². The van der Waals surface area contributed by atoms with E-state index in [1.165, 1.54) is 0 Å². The number of carboxylic acid groups (broad SMARTS) is 1. The van der Waals surface area contributed by atoms with Gasteiger partial charge in [-0.05, 0) is 12.5 Å². The Bertz CT molecular complexity index is 540. The quantitative estimate of drug-likeness (QED) is 0.597. The van der Waals surface area contributed by atoms with Crippen molar-refractivity contribution in [1.82, 2.24) is 6.15 Å². The van der Waals surface area contributed by atoms with Crippen LogP contribution < -0.4 is 11.3 Å². The maximum atomic E-state index is 11.3. The van der Waals surface area contributed by atoms with Gasteiger partial charge in [0.25, 0.3) is 0 Å². The Labute approximate surface area is 99.4 Å². The third-order valence-corrected chi connectivity index (χ3v) is 2.08. The third kappa shape index (κ3) is 2.32. The number of quaternary nitrogens is 1. The fraction of sp³-hybridized carbons (Fsp3) is 0.125. The first kappa shape index (κ1) is 15.2. The first-order valence-corrected chi connectivity index (χ1v) is 4.14. The van der Waals surface area contributed by atoms with Crippen LogP contribution in [0.1, 0.15) is 15.9 Å². The molecule has 1 aromatic rings. The lowest BCUT2D eigenvalue weighted by Gasteiger charge is -2.12. The summed E-state index contributed by atoms with van der Waals surface area (Å²) >= 11 is 0. The number of aromatic carboxylic acids is 1. The summed E-state index contributed by atoms with van der Waals surface area (Å²) in [6, 6.07) is 0.444. The number of nitro groups is 2. The molecular weight excluding hydrogens is 250 g/mol. The second kappa shape index (κ2) is 5.05. The van der Waals surface area contributed by atoms with E-state index in [-0.39, 0.29) is 6.15 Å². The van der Waals surface area contributed by atoms with Crippen LogP contribution in [-0.2, 0) is 0 Å². The number of hydrogen-bond acceptors (Lipinski definition) is 6. The number of carboxylic acids is 1. The minimum atomic E-state index is -1.75. The van der Waals surface area contributed by atoms with Gasteiger partial charge in [0.15, 0.2) is 0 Å². The van der Waals surface area contributed by atoms with Crippen LogP contribution in [0.5, 0.6) is 5.75 Å². The maximum absolute atomic E-state index is 11.3. The van der Waals surface area contributed by atoms with Crippen LogP contribution in [0.15, 0.2) is 6.07 Å². The molecule has 18 heavy (non-hydrogen) atoms. The topological polar surface area (TPSA) is 183 Å². The van der Waals surface area contributed by atoms with Crippen LogP contribution in [0.4, 0.5) is 11.4 Å². The SMILES string of the molecule is Cc1c([O-])cc([N+](=O)[O-])c([N+](=O)[O-])c1C(=O)O.[NH4+]. The Morgan fingerprint density at radius 1 is 1.28 bits per heavy atom. The van der Waals surface area contributed by atoms with Gasteiger partial charge >= 0.3 is 17.3 Å². The third-order valence-electron chi connectivity index (χ3n) is 2.08. The summed E-state index contributed by atoms with van der Waals surface area (Å²) in [6.07, 6.45) is 0. The van der Waals surface area contributed by atoms with Gasteiger partial charge in [0, 0.05) is 6.07 Å². The standard InChI is InChI=1S/C8H6N2O7.H3N/c1-3-5(11)2-4(9(14)15)7(10(16)17)6(3)8(12)13;/h2,11H,1H3,(H,12,13);1H3. The molecule has 10 nitrogen and oxygen atoms in total. The van der Waals surface area contributed by atoms with Gasteiger partial charge in [0.2, 0.25) is 0 Å². The van der Waals surface area contributed by atoms with Crippen LogP contribution in [0.25, 0.3) is 0 Å². The number of hydrogen-bond donors (Lipinski definition) is 2. The van der Waals surface area contributed by atoms with Crippen molar-refractivity contribution in [2.24, 2.45) is 0 Å². The molecule has 0 aliphatic heterocycles. The van der Waals surface area contributed by atoms with Crippen molar-refractivity contribution in [1.29, 1.82) is 0 Å². The molecule has 0 radical (unpaired) electrons. The number of benzene rings is 1. The molecule has 0 fully saturated rings.